The molecule has 2 saturated heterocycles. The van der Waals surface area contributed by atoms with Gasteiger partial charge in [0.05, 0.1) is 17.9 Å². The van der Waals surface area contributed by atoms with Crippen LogP contribution in [-0.4, -0.2) is 102 Å². The fraction of sp³-hybridized carbons (Fsp3) is 0.500. The second-order valence-electron chi connectivity index (χ2n) is 11.9. The predicted molar refractivity (Wildman–Crippen MR) is 175 cm³/mol. The molecule has 4 rings (SSSR count). The molecule has 7 amide bonds. The van der Waals surface area contributed by atoms with E-state index < -0.39 is 54.0 Å². The molecule has 0 saturated carbocycles. The van der Waals surface area contributed by atoms with Crippen molar-refractivity contribution in [1.29, 1.82) is 0 Å². The molecule has 0 unspecified atom stereocenters. The summed E-state index contributed by atoms with van der Waals surface area (Å²) in [6.07, 6.45) is 1.45. The average molecular weight is 690 g/mol. The van der Waals surface area contributed by atoms with Crippen LogP contribution in [0.1, 0.15) is 65.8 Å². The molecule has 0 radical (unpaired) electrons. The zero-order valence-electron chi connectivity index (χ0n) is 26.6. The van der Waals surface area contributed by atoms with Crippen LogP contribution in [0.25, 0.3) is 0 Å². The van der Waals surface area contributed by atoms with E-state index in [9.17, 15) is 33.6 Å². The first-order chi connectivity index (χ1) is 22.3. The monoisotopic (exact) mass is 689 g/mol. The fourth-order valence-electron chi connectivity index (χ4n) is 5.28. The second-order valence-corrected chi connectivity index (χ2v) is 13.8. The van der Waals surface area contributed by atoms with Crippen LogP contribution >= 0.6 is 22.7 Å². The molecule has 47 heavy (non-hydrogen) atoms. The van der Waals surface area contributed by atoms with E-state index >= 15 is 0 Å². The Labute approximate surface area is 279 Å². The number of thiophene rings is 2. The van der Waals surface area contributed by atoms with Gasteiger partial charge < -0.3 is 41.1 Å². The molecule has 2 aromatic rings. The van der Waals surface area contributed by atoms with Crippen LogP contribution < -0.4 is 26.6 Å². The number of hydrogen-bond donors (Lipinski definition) is 5. The van der Waals surface area contributed by atoms with Gasteiger partial charge in [-0.25, -0.2) is 4.79 Å². The summed E-state index contributed by atoms with van der Waals surface area (Å²) in [6.45, 7) is 5.07. The van der Waals surface area contributed by atoms with Crippen LogP contribution in [0, 0.1) is 0 Å². The zero-order chi connectivity index (χ0) is 34.3. The second kappa shape index (κ2) is 15.4. The predicted octanol–water partition coefficient (Wildman–Crippen LogP) is 1.98. The number of likely N-dealkylation sites (N-methyl/N-ethyl adjacent to an activating group) is 1. The van der Waals surface area contributed by atoms with E-state index in [1.165, 1.54) is 16.8 Å². The number of hydrogen-bond acceptors (Lipinski definition) is 10. The summed E-state index contributed by atoms with van der Waals surface area (Å²) in [7, 11) is 1.52. The molecule has 5 N–H and O–H groups in total. The number of carbonyl (C=O) groups is 7. The Bertz CT molecular complexity index is 1530. The average Bonchev–Trinajstić information content (AvgIpc) is 3.84. The van der Waals surface area contributed by atoms with Crippen LogP contribution in [0.4, 0.5) is 16.2 Å². The van der Waals surface area contributed by atoms with Gasteiger partial charge >= 0.3 is 6.09 Å². The molecule has 17 heteroatoms. The number of nitrogens with zero attached hydrogens (tertiary/aromatic N) is 2. The normalized spacial score (nSPS) is 17.5. The minimum atomic E-state index is -0.829. The highest BCUT2D eigenvalue weighted by Crippen LogP contribution is 2.29. The van der Waals surface area contributed by atoms with Crippen molar-refractivity contribution in [3.8, 4) is 0 Å². The summed E-state index contributed by atoms with van der Waals surface area (Å²) in [5.41, 5.74) is -0.192. The number of rotatable bonds is 10. The quantitative estimate of drug-likeness (QED) is 0.250. The molecule has 0 bridgehead atoms. The van der Waals surface area contributed by atoms with Crippen LogP contribution in [-0.2, 0) is 23.9 Å². The van der Waals surface area contributed by atoms with Crippen molar-refractivity contribution < 1.29 is 38.3 Å². The Morgan fingerprint density at radius 1 is 0.766 bits per heavy atom. The summed E-state index contributed by atoms with van der Waals surface area (Å²) >= 11 is 2.25. The SMILES string of the molecule is CNC(=O)[C@@H]1CCCN1C(=O)c1sccc1NC(=O)CNC(=O)[C@@H]1CCCN1C(=O)c1sccc1NC(=O)CNC(=O)OC(C)(C)C. The van der Waals surface area contributed by atoms with Crippen molar-refractivity contribution in [2.45, 2.75) is 64.1 Å². The molecule has 4 heterocycles. The first-order valence-electron chi connectivity index (χ1n) is 15.1. The Balaban J connectivity index is 1.30. The van der Waals surface area contributed by atoms with Crippen molar-refractivity contribution in [3.63, 3.8) is 0 Å². The lowest BCUT2D eigenvalue weighted by Crippen LogP contribution is -2.47. The lowest BCUT2D eigenvalue weighted by atomic mass is 10.2. The fourth-order valence-corrected chi connectivity index (χ4v) is 6.89. The third-order valence-corrected chi connectivity index (χ3v) is 9.17. The van der Waals surface area contributed by atoms with Crippen LogP contribution in [0.15, 0.2) is 22.9 Å². The number of anilines is 2. The molecule has 0 spiro atoms. The van der Waals surface area contributed by atoms with Crippen LogP contribution in [0.3, 0.4) is 0 Å². The highest BCUT2D eigenvalue weighted by atomic mass is 32.1. The molecular weight excluding hydrogens is 651 g/mol. The van der Waals surface area contributed by atoms with Crippen LogP contribution in [0.5, 0.6) is 0 Å². The Kier molecular flexibility index (Phi) is 11.6. The number of carbonyl (C=O) groups excluding carboxylic acids is 7. The van der Waals surface area contributed by atoms with Gasteiger partial charge in [-0.2, -0.15) is 0 Å². The maximum Gasteiger partial charge on any atom is 0.408 e. The molecule has 2 aliphatic rings. The maximum atomic E-state index is 13.5. The molecular formula is C30H39N7O8S2. The summed E-state index contributed by atoms with van der Waals surface area (Å²) < 4.78 is 5.12. The van der Waals surface area contributed by atoms with Gasteiger partial charge in [-0.1, -0.05) is 0 Å². The Morgan fingerprint density at radius 2 is 1.23 bits per heavy atom. The lowest BCUT2D eigenvalue weighted by molar-refractivity contribution is -0.127. The minimum Gasteiger partial charge on any atom is -0.444 e. The van der Waals surface area contributed by atoms with E-state index in [0.717, 1.165) is 22.7 Å². The summed E-state index contributed by atoms with van der Waals surface area (Å²) in [5, 5.41) is 16.1. The summed E-state index contributed by atoms with van der Waals surface area (Å²) in [6, 6.07) is 1.75. The third-order valence-electron chi connectivity index (χ3n) is 7.36. The standard InChI is InChI=1S/C30H39N7O8S2/c1-30(2,3)45-29(44)33-16-22(39)35-18-10-14-47-24(18)28(43)37-12-6-8-20(37)26(41)32-15-21(38)34-17-9-13-46-23(17)27(42)36-11-5-7-19(36)25(40)31-4/h9-10,13-14,19-20H,5-8,11-12,15-16H2,1-4H3,(H,31,40)(H,32,41)(H,33,44)(H,34,38)(H,35,39)/t19-,20-/m0/s1. The number of nitrogens with one attached hydrogen (secondary N) is 5. The molecule has 2 atom stereocenters. The van der Waals surface area contributed by atoms with E-state index in [1.807, 2.05) is 0 Å². The van der Waals surface area contributed by atoms with Gasteiger partial charge in [0.15, 0.2) is 0 Å². The van der Waals surface area contributed by atoms with Gasteiger partial charge in [-0.15, -0.1) is 22.7 Å². The Hall–Kier alpha value is -4.51. The smallest absolute Gasteiger partial charge is 0.408 e. The molecule has 0 aliphatic carbocycles. The topological polar surface area (TPSA) is 195 Å². The van der Waals surface area contributed by atoms with Crippen molar-refractivity contribution in [1.82, 2.24) is 25.8 Å². The number of likely N-dealkylation sites (tertiary alicyclic amines) is 2. The maximum absolute atomic E-state index is 13.5. The molecule has 2 fully saturated rings. The number of amides is 7. The van der Waals surface area contributed by atoms with Gasteiger partial charge in [0.25, 0.3) is 11.8 Å². The van der Waals surface area contributed by atoms with E-state index in [1.54, 1.807) is 43.7 Å². The minimum absolute atomic E-state index is 0.222. The molecule has 15 nitrogen and oxygen atoms in total. The van der Waals surface area contributed by atoms with Gasteiger partial charge in [0, 0.05) is 20.1 Å². The third kappa shape index (κ3) is 9.06. The van der Waals surface area contributed by atoms with E-state index in [2.05, 4.69) is 26.6 Å². The van der Waals surface area contributed by atoms with Gasteiger partial charge in [0.1, 0.15) is 34.0 Å². The van der Waals surface area contributed by atoms with Crippen molar-refractivity contribution in [2.24, 2.45) is 0 Å². The summed E-state index contributed by atoms with van der Waals surface area (Å²) in [5.74, 6) is -2.68. The largest absolute Gasteiger partial charge is 0.444 e. The molecule has 0 aromatic carbocycles. The Morgan fingerprint density at radius 3 is 1.70 bits per heavy atom. The van der Waals surface area contributed by atoms with E-state index in [4.69, 9.17) is 4.74 Å². The van der Waals surface area contributed by atoms with Crippen molar-refractivity contribution >= 4 is 75.6 Å². The van der Waals surface area contributed by atoms with E-state index in [0.29, 0.717) is 38.8 Å². The van der Waals surface area contributed by atoms with Gasteiger partial charge in [0.2, 0.25) is 23.6 Å². The number of ether oxygens (including phenoxy) is 1. The lowest BCUT2D eigenvalue weighted by Gasteiger charge is -2.24. The highest BCUT2D eigenvalue weighted by Gasteiger charge is 2.37. The molecule has 2 aromatic heterocycles. The molecule has 254 valence electrons. The first kappa shape index (κ1) is 35.3. The van der Waals surface area contributed by atoms with Gasteiger partial charge in [-0.3, -0.25) is 28.8 Å². The number of alkyl carbamates (subject to hydrolysis) is 1. The molecule has 2 aliphatic heterocycles. The van der Waals surface area contributed by atoms with Crippen molar-refractivity contribution in [3.05, 3.63) is 32.6 Å². The first-order valence-corrected chi connectivity index (χ1v) is 16.9. The summed E-state index contributed by atoms with van der Waals surface area (Å²) in [4.78, 5) is 92.5. The highest BCUT2D eigenvalue weighted by molar-refractivity contribution is 7.13. The van der Waals surface area contributed by atoms with E-state index in [-0.39, 0.29) is 39.5 Å². The zero-order valence-corrected chi connectivity index (χ0v) is 28.2. The van der Waals surface area contributed by atoms with Crippen molar-refractivity contribution in [2.75, 3.05) is 43.9 Å². The van der Waals surface area contributed by atoms with Crippen LogP contribution in [0.2, 0.25) is 0 Å². The van der Waals surface area contributed by atoms with Gasteiger partial charge in [-0.05, 0) is 69.3 Å².